The predicted octanol–water partition coefficient (Wildman–Crippen LogP) is 1.75. The maximum Gasteiger partial charge on any atom is 0.328 e. The number of halogens is 1. The molecule has 0 saturated carbocycles. The molecule has 1 aromatic carbocycles. The minimum absolute atomic E-state index is 0.0141. The summed E-state index contributed by atoms with van der Waals surface area (Å²) in [5.74, 6) is -0.0804. The first kappa shape index (κ1) is 25.3. The first-order chi connectivity index (χ1) is 17.6. The Balaban J connectivity index is 1.22. The molecule has 2 fully saturated rings. The van der Waals surface area contributed by atoms with E-state index in [0.717, 1.165) is 34.0 Å². The number of aromatic nitrogens is 4. The van der Waals surface area contributed by atoms with Crippen molar-refractivity contribution in [2.75, 3.05) is 19.7 Å². The summed E-state index contributed by atoms with van der Waals surface area (Å²) in [6.45, 7) is 5.19. The van der Waals surface area contributed by atoms with Gasteiger partial charge in [-0.25, -0.2) is 9.78 Å². The van der Waals surface area contributed by atoms with Gasteiger partial charge in [0.2, 0.25) is 11.7 Å². The van der Waals surface area contributed by atoms with Gasteiger partial charge in [-0.2, -0.15) is 4.39 Å². The molecule has 2 aromatic heterocycles. The van der Waals surface area contributed by atoms with E-state index >= 15 is 0 Å². The lowest BCUT2D eigenvalue weighted by Crippen LogP contribution is -2.59. The smallest absolute Gasteiger partial charge is 0.328 e. The van der Waals surface area contributed by atoms with Crippen LogP contribution in [0.4, 0.5) is 4.39 Å². The predicted molar refractivity (Wildman–Crippen MR) is 134 cm³/mol. The molecule has 0 aliphatic carbocycles. The van der Waals surface area contributed by atoms with Crippen molar-refractivity contribution in [1.82, 2.24) is 24.0 Å². The van der Waals surface area contributed by atoms with Crippen LogP contribution in [0, 0.1) is 5.82 Å². The van der Waals surface area contributed by atoms with Gasteiger partial charge < -0.3 is 19.3 Å². The van der Waals surface area contributed by atoms with Crippen LogP contribution in [0.1, 0.15) is 51.4 Å². The molecule has 198 valence electrons. The van der Waals surface area contributed by atoms with Gasteiger partial charge in [0, 0.05) is 38.9 Å². The van der Waals surface area contributed by atoms with Crippen molar-refractivity contribution in [3.63, 3.8) is 0 Å². The fourth-order valence-electron chi connectivity index (χ4n) is 5.82. The van der Waals surface area contributed by atoms with Crippen molar-refractivity contribution in [1.29, 1.82) is 0 Å². The zero-order valence-corrected chi connectivity index (χ0v) is 21.1. The fraction of sp³-hybridized carbons (Fsp3) is 0.538. The van der Waals surface area contributed by atoms with E-state index in [0.29, 0.717) is 38.9 Å². The minimum atomic E-state index is -1.38. The van der Waals surface area contributed by atoms with Crippen LogP contribution in [0.5, 0.6) is 0 Å². The standard InChI is InChI=1S/C26H32FN5O5/c1-3-21-28-18-6-4-5-7-19(18)31(21)11-8-22(33)30-12-9-26(10-13-30)16-25(2,36)20(15-37-26)32-14-17(27)23(34)29-24(32)35/h4-7,14,20,36H,3,8-13,15-16H2,1-2H3,(H,29,34,35)/t20-,25-/m1/s1. The average molecular weight is 514 g/mol. The van der Waals surface area contributed by atoms with Gasteiger partial charge in [-0.3, -0.25) is 19.1 Å². The number of nitrogens with zero attached hydrogens (tertiary/aromatic N) is 4. The molecule has 0 radical (unpaired) electrons. The third-order valence-electron chi connectivity index (χ3n) is 7.83. The number of piperidine rings is 1. The van der Waals surface area contributed by atoms with Crippen molar-refractivity contribution < 1.29 is 19.0 Å². The molecule has 2 saturated heterocycles. The lowest BCUT2D eigenvalue weighted by atomic mass is 9.75. The van der Waals surface area contributed by atoms with Crippen molar-refractivity contribution in [2.45, 2.75) is 69.7 Å². The first-order valence-electron chi connectivity index (χ1n) is 12.7. The number of nitrogens with one attached hydrogen (secondary N) is 1. The second-order valence-corrected chi connectivity index (χ2v) is 10.3. The third-order valence-corrected chi connectivity index (χ3v) is 7.83. The quantitative estimate of drug-likeness (QED) is 0.536. The highest BCUT2D eigenvalue weighted by atomic mass is 19.1. The number of benzene rings is 1. The van der Waals surface area contributed by atoms with E-state index in [9.17, 15) is 23.9 Å². The first-order valence-corrected chi connectivity index (χ1v) is 12.7. The Morgan fingerprint density at radius 1 is 1.27 bits per heavy atom. The number of hydrogen-bond donors (Lipinski definition) is 2. The van der Waals surface area contributed by atoms with Gasteiger partial charge in [0.05, 0.1) is 41.1 Å². The number of hydrogen-bond acceptors (Lipinski definition) is 6. The lowest BCUT2D eigenvalue weighted by molar-refractivity contribution is -0.198. The summed E-state index contributed by atoms with van der Waals surface area (Å²) in [7, 11) is 0. The van der Waals surface area contributed by atoms with Crippen molar-refractivity contribution in [3.05, 3.63) is 62.9 Å². The van der Waals surface area contributed by atoms with Crippen LogP contribution in [-0.4, -0.2) is 65.9 Å². The van der Waals surface area contributed by atoms with Crippen molar-refractivity contribution in [2.24, 2.45) is 0 Å². The number of aryl methyl sites for hydroxylation is 2. The van der Waals surface area contributed by atoms with E-state index in [1.807, 2.05) is 34.1 Å². The molecule has 3 aromatic rings. The summed E-state index contributed by atoms with van der Waals surface area (Å²) in [5, 5.41) is 11.2. The van der Waals surface area contributed by atoms with Gasteiger partial charge in [0.15, 0.2) is 0 Å². The number of fused-ring (bicyclic) bond motifs is 1. The highest BCUT2D eigenvalue weighted by molar-refractivity contribution is 5.78. The Morgan fingerprint density at radius 2 is 2.00 bits per heavy atom. The number of imidazole rings is 1. The molecular weight excluding hydrogens is 481 g/mol. The molecule has 4 heterocycles. The summed E-state index contributed by atoms with van der Waals surface area (Å²) in [4.78, 5) is 45.1. The van der Waals surface area contributed by atoms with Gasteiger partial charge in [-0.1, -0.05) is 19.1 Å². The summed E-state index contributed by atoms with van der Waals surface area (Å²) in [5.41, 5.74) is -1.96. The van der Waals surface area contributed by atoms with E-state index in [2.05, 4.69) is 16.5 Å². The van der Waals surface area contributed by atoms with E-state index < -0.39 is 34.3 Å². The molecule has 11 heteroatoms. The summed E-state index contributed by atoms with van der Waals surface area (Å²) in [6, 6.07) is 7.07. The second kappa shape index (κ2) is 9.53. The van der Waals surface area contributed by atoms with Gasteiger partial charge in [-0.05, 0) is 31.9 Å². The zero-order chi connectivity index (χ0) is 26.4. The molecule has 0 bridgehead atoms. The molecule has 10 nitrogen and oxygen atoms in total. The Bertz CT molecular complexity index is 1430. The minimum Gasteiger partial charge on any atom is -0.388 e. The molecule has 1 spiro atoms. The number of carbonyl (C=O) groups excluding carboxylic acids is 1. The summed E-state index contributed by atoms with van der Waals surface area (Å²) in [6.07, 6.45) is 3.28. The average Bonchev–Trinajstić information content (AvgIpc) is 3.23. The molecule has 1 amide bonds. The van der Waals surface area contributed by atoms with Gasteiger partial charge in [0.25, 0.3) is 5.56 Å². The molecule has 2 aliphatic rings. The highest BCUT2D eigenvalue weighted by Crippen LogP contribution is 2.43. The number of aliphatic hydroxyl groups is 1. The topological polar surface area (TPSA) is 122 Å². The van der Waals surface area contributed by atoms with Crippen LogP contribution in [0.2, 0.25) is 0 Å². The van der Waals surface area contributed by atoms with E-state index in [1.54, 1.807) is 6.92 Å². The van der Waals surface area contributed by atoms with E-state index in [-0.39, 0.29) is 18.9 Å². The molecule has 0 unspecified atom stereocenters. The monoisotopic (exact) mass is 513 g/mol. The van der Waals surface area contributed by atoms with Crippen LogP contribution in [-0.2, 0) is 22.5 Å². The SMILES string of the molecule is CCc1nc2ccccc2n1CCC(=O)N1CCC2(CC1)C[C@@](C)(O)[C@H](n1cc(F)c(=O)[nH]c1=O)CO2. The van der Waals surface area contributed by atoms with Gasteiger partial charge in [0.1, 0.15) is 5.82 Å². The van der Waals surface area contributed by atoms with Crippen LogP contribution in [0.3, 0.4) is 0 Å². The number of ether oxygens (including phenoxy) is 1. The number of H-pyrrole nitrogens is 1. The Hall–Kier alpha value is -3.31. The molecule has 2 aliphatic heterocycles. The molecule has 37 heavy (non-hydrogen) atoms. The zero-order valence-electron chi connectivity index (χ0n) is 21.1. The highest BCUT2D eigenvalue weighted by Gasteiger charge is 2.50. The lowest BCUT2D eigenvalue weighted by Gasteiger charge is -2.51. The number of amides is 1. The van der Waals surface area contributed by atoms with Crippen molar-refractivity contribution >= 4 is 16.9 Å². The maximum absolute atomic E-state index is 13.8. The largest absolute Gasteiger partial charge is 0.388 e. The maximum atomic E-state index is 13.8. The molecular formula is C26H32FN5O5. The van der Waals surface area contributed by atoms with Crippen LogP contribution in [0.15, 0.2) is 40.1 Å². The number of para-hydroxylation sites is 2. The molecule has 2 atom stereocenters. The van der Waals surface area contributed by atoms with E-state index in [4.69, 9.17) is 4.74 Å². The number of aromatic amines is 1. The number of rotatable bonds is 5. The summed E-state index contributed by atoms with van der Waals surface area (Å²) < 4.78 is 23.1. The molecule has 5 rings (SSSR count). The van der Waals surface area contributed by atoms with Crippen molar-refractivity contribution in [3.8, 4) is 0 Å². The fourth-order valence-corrected chi connectivity index (χ4v) is 5.82. The molecule has 2 N–H and O–H groups in total. The second-order valence-electron chi connectivity index (χ2n) is 10.3. The Labute approximate surface area is 212 Å². The van der Waals surface area contributed by atoms with Gasteiger partial charge >= 0.3 is 5.69 Å². The number of likely N-dealkylation sites (tertiary alicyclic amines) is 1. The Kier molecular flexibility index (Phi) is 6.53. The van der Waals surface area contributed by atoms with E-state index in [1.165, 1.54) is 0 Å². The van der Waals surface area contributed by atoms with Gasteiger partial charge in [-0.15, -0.1) is 0 Å². The normalized spacial score (nSPS) is 23.6. The Morgan fingerprint density at radius 3 is 2.70 bits per heavy atom. The third kappa shape index (κ3) is 4.73. The van der Waals surface area contributed by atoms with Crippen LogP contribution < -0.4 is 11.2 Å². The van der Waals surface area contributed by atoms with Crippen LogP contribution in [0.25, 0.3) is 11.0 Å². The van der Waals surface area contributed by atoms with Crippen LogP contribution >= 0.6 is 0 Å². The number of carbonyl (C=O) groups is 1. The summed E-state index contributed by atoms with van der Waals surface area (Å²) >= 11 is 0.